The first kappa shape index (κ1) is 17.0. The van der Waals surface area contributed by atoms with Crippen LogP contribution in [-0.2, 0) is 15.9 Å². The van der Waals surface area contributed by atoms with Gasteiger partial charge in [-0.25, -0.2) is 8.78 Å². The molecule has 5 heteroatoms. The molecule has 1 N–H and O–H groups in total. The molecule has 0 spiro atoms. The van der Waals surface area contributed by atoms with Crippen LogP contribution in [-0.4, -0.2) is 39.5 Å². The van der Waals surface area contributed by atoms with E-state index < -0.39 is 11.6 Å². The van der Waals surface area contributed by atoms with Crippen LogP contribution in [0.15, 0.2) is 18.2 Å². The van der Waals surface area contributed by atoms with E-state index in [0.717, 1.165) is 24.6 Å². The van der Waals surface area contributed by atoms with Crippen LogP contribution >= 0.6 is 0 Å². The highest BCUT2D eigenvalue weighted by Crippen LogP contribution is 2.11. The van der Waals surface area contributed by atoms with E-state index in [0.29, 0.717) is 26.2 Å². The summed E-state index contributed by atoms with van der Waals surface area (Å²) in [5, 5.41) is 3.35. The number of hydrogen-bond donors (Lipinski definition) is 1. The molecule has 1 aromatic carbocycles. The second kappa shape index (κ2) is 9.80. The van der Waals surface area contributed by atoms with E-state index in [1.807, 2.05) is 0 Å². The Morgan fingerprint density at radius 2 is 2.00 bits per heavy atom. The van der Waals surface area contributed by atoms with Gasteiger partial charge in [0.1, 0.15) is 0 Å². The van der Waals surface area contributed by atoms with E-state index in [9.17, 15) is 8.78 Å². The lowest BCUT2D eigenvalue weighted by Gasteiger charge is -2.19. The predicted octanol–water partition coefficient (Wildman–Crippen LogP) is 2.54. The van der Waals surface area contributed by atoms with Crippen molar-refractivity contribution in [3.8, 4) is 0 Å². The average molecular weight is 287 g/mol. The first-order chi connectivity index (χ1) is 9.67. The molecule has 0 saturated heterocycles. The Bertz CT molecular complexity index is 388. The zero-order chi connectivity index (χ0) is 14.8. The summed E-state index contributed by atoms with van der Waals surface area (Å²) in [4.78, 5) is 0. The molecule has 3 nitrogen and oxygen atoms in total. The van der Waals surface area contributed by atoms with Crippen LogP contribution in [0, 0.1) is 11.6 Å². The molecule has 0 aliphatic heterocycles. The normalized spacial score (nSPS) is 12.6. The van der Waals surface area contributed by atoms with E-state index in [2.05, 4.69) is 12.2 Å². The van der Waals surface area contributed by atoms with Crippen LogP contribution < -0.4 is 5.32 Å². The van der Waals surface area contributed by atoms with Gasteiger partial charge < -0.3 is 14.8 Å². The molecule has 0 fully saturated rings. The maximum absolute atomic E-state index is 13.2. The van der Waals surface area contributed by atoms with Gasteiger partial charge in [-0.3, -0.25) is 0 Å². The fourth-order valence-corrected chi connectivity index (χ4v) is 1.86. The number of hydrogen-bond acceptors (Lipinski definition) is 3. The number of nitrogens with one attached hydrogen (secondary N) is 1. The molecule has 20 heavy (non-hydrogen) atoms. The van der Waals surface area contributed by atoms with Gasteiger partial charge in [0.25, 0.3) is 0 Å². The molecule has 0 aromatic heterocycles. The van der Waals surface area contributed by atoms with Gasteiger partial charge in [0.05, 0.1) is 19.8 Å². The molecule has 0 aliphatic carbocycles. The SMILES string of the molecule is CCCNC(COCCOC)Cc1ccc(F)c(F)c1. The molecule has 0 amide bonds. The minimum atomic E-state index is -0.817. The summed E-state index contributed by atoms with van der Waals surface area (Å²) in [6, 6.07) is 4.09. The van der Waals surface area contributed by atoms with Gasteiger partial charge in [-0.2, -0.15) is 0 Å². The Kier molecular flexibility index (Phi) is 8.34. The fraction of sp³-hybridized carbons (Fsp3) is 0.600. The van der Waals surface area contributed by atoms with Crippen LogP contribution in [0.5, 0.6) is 0 Å². The molecular formula is C15H23F2NO2. The molecule has 0 radical (unpaired) electrons. The third-order valence-corrected chi connectivity index (χ3v) is 2.90. The fourth-order valence-electron chi connectivity index (χ4n) is 1.86. The molecule has 1 aromatic rings. The number of halogens is 2. The molecule has 0 heterocycles. The quantitative estimate of drug-likeness (QED) is 0.671. The summed E-state index contributed by atoms with van der Waals surface area (Å²) in [7, 11) is 1.62. The van der Waals surface area contributed by atoms with E-state index >= 15 is 0 Å². The van der Waals surface area contributed by atoms with E-state index in [1.54, 1.807) is 13.2 Å². The predicted molar refractivity (Wildman–Crippen MR) is 74.8 cm³/mol. The number of ether oxygens (including phenoxy) is 2. The van der Waals surface area contributed by atoms with Gasteiger partial charge in [-0.15, -0.1) is 0 Å². The van der Waals surface area contributed by atoms with E-state index in [-0.39, 0.29) is 6.04 Å². The largest absolute Gasteiger partial charge is 0.382 e. The second-order valence-corrected chi connectivity index (χ2v) is 4.67. The molecular weight excluding hydrogens is 264 g/mol. The molecule has 1 rings (SSSR count). The molecule has 114 valence electrons. The van der Waals surface area contributed by atoms with Crippen molar-refractivity contribution in [3.63, 3.8) is 0 Å². The lowest BCUT2D eigenvalue weighted by atomic mass is 10.1. The minimum Gasteiger partial charge on any atom is -0.382 e. The highest BCUT2D eigenvalue weighted by molar-refractivity contribution is 5.18. The Morgan fingerprint density at radius 1 is 1.20 bits per heavy atom. The summed E-state index contributed by atoms with van der Waals surface area (Å²) < 4.78 is 36.5. The monoisotopic (exact) mass is 287 g/mol. The standard InChI is InChI=1S/C15H23F2NO2/c1-3-6-18-13(11-20-8-7-19-2)9-12-4-5-14(16)15(17)10-12/h4-5,10,13,18H,3,6-9,11H2,1-2H3. The highest BCUT2D eigenvalue weighted by atomic mass is 19.2. The zero-order valence-corrected chi connectivity index (χ0v) is 12.1. The zero-order valence-electron chi connectivity index (χ0n) is 12.1. The maximum atomic E-state index is 13.2. The molecule has 1 atom stereocenters. The van der Waals surface area contributed by atoms with Crippen LogP contribution in [0.4, 0.5) is 8.78 Å². The lowest BCUT2D eigenvalue weighted by Crippen LogP contribution is -2.36. The van der Waals surface area contributed by atoms with Crippen molar-refractivity contribution in [2.24, 2.45) is 0 Å². The summed E-state index contributed by atoms with van der Waals surface area (Å²) in [5.74, 6) is -1.62. The van der Waals surface area contributed by atoms with Gasteiger partial charge in [0.15, 0.2) is 11.6 Å². The topological polar surface area (TPSA) is 30.5 Å². The van der Waals surface area contributed by atoms with Crippen molar-refractivity contribution in [1.29, 1.82) is 0 Å². The third kappa shape index (κ3) is 6.41. The molecule has 1 unspecified atom stereocenters. The van der Waals surface area contributed by atoms with Crippen LogP contribution in [0.25, 0.3) is 0 Å². The van der Waals surface area contributed by atoms with Crippen molar-refractivity contribution in [2.75, 3.05) is 33.5 Å². The Hall–Kier alpha value is -1.04. The molecule has 0 aliphatic rings. The summed E-state index contributed by atoms with van der Waals surface area (Å²) in [5.41, 5.74) is 0.757. The smallest absolute Gasteiger partial charge is 0.159 e. The second-order valence-electron chi connectivity index (χ2n) is 4.67. The van der Waals surface area contributed by atoms with Crippen LogP contribution in [0.1, 0.15) is 18.9 Å². The third-order valence-electron chi connectivity index (χ3n) is 2.90. The average Bonchev–Trinajstić information content (AvgIpc) is 2.44. The van der Waals surface area contributed by atoms with Crippen LogP contribution in [0.3, 0.4) is 0 Å². The Balaban J connectivity index is 2.51. The van der Waals surface area contributed by atoms with Crippen molar-refractivity contribution in [3.05, 3.63) is 35.4 Å². The lowest BCUT2D eigenvalue weighted by molar-refractivity contribution is 0.0587. The molecule has 0 bridgehead atoms. The minimum absolute atomic E-state index is 0.0802. The number of methoxy groups -OCH3 is 1. The van der Waals surface area contributed by atoms with Gasteiger partial charge >= 0.3 is 0 Å². The maximum Gasteiger partial charge on any atom is 0.159 e. The number of rotatable bonds is 10. The first-order valence-electron chi connectivity index (χ1n) is 6.91. The van der Waals surface area contributed by atoms with E-state index in [4.69, 9.17) is 9.47 Å². The van der Waals surface area contributed by atoms with Gasteiger partial charge in [-0.05, 0) is 37.1 Å². The Labute approximate surface area is 119 Å². The van der Waals surface area contributed by atoms with E-state index in [1.165, 1.54) is 6.07 Å². The molecule has 0 saturated carbocycles. The van der Waals surface area contributed by atoms with Gasteiger partial charge in [-0.1, -0.05) is 13.0 Å². The Morgan fingerprint density at radius 3 is 2.65 bits per heavy atom. The van der Waals surface area contributed by atoms with Gasteiger partial charge in [0.2, 0.25) is 0 Å². The summed E-state index contributed by atoms with van der Waals surface area (Å²) in [6.45, 7) is 4.53. The first-order valence-corrected chi connectivity index (χ1v) is 6.91. The van der Waals surface area contributed by atoms with Crippen LogP contribution in [0.2, 0.25) is 0 Å². The highest BCUT2D eigenvalue weighted by Gasteiger charge is 2.11. The van der Waals surface area contributed by atoms with Gasteiger partial charge in [0, 0.05) is 13.2 Å². The van der Waals surface area contributed by atoms with Crippen molar-refractivity contribution in [2.45, 2.75) is 25.8 Å². The van der Waals surface area contributed by atoms with Crippen molar-refractivity contribution >= 4 is 0 Å². The summed E-state index contributed by atoms with van der Waals surface area (Å²) in [6.07, 6.45) is 1.61. The summed E-state index contributed by atoms with van der Waals surface area (Å²) >= 11 is 0. The van der Waals surface area contributed by atoms with Crippen molar-refractivity contribution < 1.29 is 18.3 Å². The van der Waals surface area contributed by atoms with Crippen molar-refractivity contribution in [1.82, 2.24) is 5.32 Å². The number of benzene rings is 1.